The number of pyridine rings is 1. The normalized spacial score (nSPS) is 14.3. The van der Waals surface area contributed by atoms with Crippen molar-refractivity contribution in [2.75, 3.05) is 33.2 Å². The highest BCUT2D eigenvalue weighted by atomic mass is 16.1. The number of aldehydes is 1. The molecular weight excluding hydrogens is 274 g/mol. The molecule has 0 aliphatic carbocycles. The van der Waals surface area contributed by atoms with Crippen molar-refractivity contribution < 1.29 is 4.79 Å². The predicted octanol–water partition coefficient (Wildman–Crippen LogP) is 3.33. The van der Waals surface area contributed by atoms with Gasteiger partial charge in [-0.3, -0.25) is 9.69 Å². The predicted molar refractivity (Wildman–Crippen MR) is 94.3 cm³/mol. The third kappa shape index (κ3) is 8.25. The zero-order chi connectivity index (χ0) is 17.0. The lowest BCUT2D eigenvalue weighted by Gasteiger charge is -2.36. The smallest absolute Gasteiger partial charge is 0.168 e. The Kier molecular flexibility index (Phi) is 11.6. The standard InChI is InChI=1S/C11H14N2O.C5H13N.C2H6/c1-9-5-13(6-9)7-10-3-2-4-11(8-14)12-10;1-4-6(3)5-2;1-2/h2-4,8-9H,5-7H2,1H3;4-5H2,1-3H3;1-2H3. The van der Waals surface area contributed by atoms with Crippen molar-refractivity contribution in [1.82, 2.24) is 14.8 Å². The number of aromatic nitrogens is 1. The van der Waals surface area contributed by atoms with Crippen LogP contribution >= 0.6 is 0 Å². The van der Waals surface area contributed by atoms with Gasteiger partial charge < -0.3 is 4.90 Å². The molecule has 1 aliphatic rings. The van der Waals surface area contributed by atoms with E-state index in [0.29, 0.717) is 5.69 Å². The second kappa shape index (κ2) is 12.3. The number of carbonyl (C=O) groups is 1. The molecule has 0 bridgehead atoms. The van der Waals surface area contributed by atoms with Crippen LogP contribution in [0.5, 0.6) is 0 Å². The summed E-state index contributed by atoms with van der Waals surface area (Å²) in [6.45, 7) is 16.0. The molecule has 4 heteroatoms. The van der Waals surface area contributed by atoms with Gasteiger partial charge in [-0.1, -0.05) is 40.7 Å². The molecule has 22 heavy (non-hydrogen) atoms. The number of likely N-dealkylation sites (tertiary alicyclic amines) is 1. The van der Waals surface area contributed by atoms with Gasteiger partial charge in [0.15, 0.2) is 6.29 Å². The van der Waals surface area contributed by atoms with E-state index in [2.05, 4.69) is 42.6 Å². The SMILES string of the molecule is CC.CC1CN(Cc2cccc(C=O)n2)C1.CCN(C)CC. The van der Waals surface area contributed by atoms with E-state index in [1.807, 2.05) is 26.0 Å². The third-order valence-electron chi connectivity index (χ3n) is 3.55. The Morgan fingerprint density at radius 3 is 2.27 bits per heavy atom. The minimum Gasteiger partial charge on any atom is -0.307 e. The molecule has 1 aromatic rings. The van der Waals surface area contributed by atoms with Gasteiger partial charge in [0.2, 0.25) is 0 Å². The van der Waals surface area contributed by atoms with Crippen LogP contribution in [0.15, 0.2) is 18.2 Å². The summed E-state index contributed by atoms with van der Waals surface area (Å²) in [5, 5.41) is 0. The van der Waals surface area contributed by atoms with Crippen molar-refractivity contribution >= 4 is 6.29 Å². The molecule has 0 spiro atoms. The molecule has 2 heterocycles. The average Bonchev–Trinajstić information content (AvgIpc) is 2.55. The van der Waals surface area contributed by atoms with Gasteiger partial charge in [0.05, 0.1) is 5.69 Å². The fraction of sp³-hybridized carbons (Fsp3) is 0.667. The Hall–Kier alpha value is -1.26. The maximum Gasteiger partial charge on any atom is 0.168 e. The van der Waals surface area contributed by atoms with Gasteiger partial charge in [-0.15, -0.1) is 0 Å². The first-order chi connectivity index (χ1) is 10.6. The first kappa shape index (κ1) is 20.7. The number of carbonyl (C=O) groups excluding carboxylic acids is 1. The second-order valence-corrected chi connectivity index (χ2v) is 5.46. The zero-order valence-corrected chi connectivity index (χ0v) is 15.2. The molecule has 1 saturated heterocycles. The first-order valence-electron chi connectivity index (χ1n) is 8.41. The number of hydrogen-bond donors (Lipinski definition) is 0. The van der Waals surface area contributed by atoms with Crippen LogP contribution in [-0.4, -0.2) is 54.3 Å². The molecular formula is C18H33N3O. The number of hydrogen-bond acceptors (Lipinski definition) is 4. The topological polar surface area (TPSA) is 36.4 Å². The lowest BCUT2D eigenvalue weighted by atomic mass is 10.0. The molecule has 0 N–H and O–H groups in total. The van der Waals surface area contributed by atoms with Gasteiger partial charge in [-0.25, -0.2) is 4.98 Å². The fourth-order valence-electron chi connectivity index (χ4n) is 2.06. The summed E-state index contributed by atoms with van der Waals surface area (Å²) in [7, 11) is 2.11. The van der Waals surface area contributed by atoms with Gasteiger partial charge in [0.1, 0.15) is 5.69 Å². The number of rotatable bonds is 5. The highest BCUT2D eigenvalue weighted by Gasteiger charge is 2.22. The summed E-state index contributed by atoms with van der Waals surface area (Å²) in [5.41, 5.74) is 1.51. The molecule has 0 unspecified atom stereocenters. The van der Waals surface area contributed by atoms with Crippen LogP contribution in [-0.2, 0) is 6.54 Å². The lowest BCUT2D eigenvalue weighted by Crippen LogP contribution is -2.44. The molecule has 4 nitrogen and oxygen atoms in total. The maximum absolute atomic E-state index is 10.5. The second-order valence-electron chi connectivity index (χ2n) is 5.46. The Bertz CT molecular complexity index is 399. The Balaban J connectivity index is 0.000000470. The van der Waals surface area contributed by atoms with Crippen molar-refractivity contribution in [3.05, 3.63) is 29.6 Å². The van der Waals surface area contributed by atoms with Crippen molar-refractivity contribution in [2.45, 2.75) is 41.2 Å². The molecule has 0 saturated carbocycles. The third-order valence-corrected chi connectivity index (χ3v) is 3.55. The van der Waals surface area contributed by atoms with Crippen LogP contribution in [0.2, 0.25) is 0 Å². The van der Waals surface area contributed by atoms with Crippen molar-refractivity contribution in [3.63, 3.8) is 0 Å². The summed E-state index contributed by atoms with van der Waals surface area (Å²) >= 11 is 0. The van der Waals surface area contributed by atoms with Crippen LogP contribution in [0.25, 0.3) is 0 Å². The first-order valence-corrected chi connectivity index (χ1v) is 8.41. The Morgan fingerprint density at radius 2 is 1.86 bits per heavy atom. The van der Waals surface area contributed by atoms with Crippen LogP contribution in [0.3, 0.4) is 0 Å². The zero-order valence-electron chi connectivity index (χ0n) is 15.2. The van der Waals surface area contributed by atoms with E-state index in [1.165, 1.54) is 0 Å². The molecule has 0 atom stereocenters. The van der Waals surface area contributed by atoms with Gasteiger partial charge in [-0.2, -0.15) is 0 Å². The fourth-order valence-corrected chi connectivity index (χ4v) is 2.06. The molecule has 2 rings (SSSR count). The lowest BCUT2D eigenvalue weighted by molar-refractivity contribution is 0.103. The van der Waals surface area contributed by atoms with Crippen LogP contribution in [0, 0.1) is 5.92 Å². The molecule has 1 aliphatic heterocycles. The quantitative estimate of drug-likeness (QED) is 0.782. The van der Waals surface area contributed by atoms with E-state index in [4.69, 9.17) is 0 Å². The Morgan fingerprint density at radius 1 is 1.27 bits per heavy atom. The average molecular weight is 307 g/mol. The molecule has 0 aromatic carbocycles. The van der Waals surface area contributed by atoms with Crippen molar-refractivity contribution in [3.8, 4) is 0 Å². The van der Waals surface area contributed by atoms with Crippen molar-refractivity contribution in [1.29, 1.82) is 0 Å². The van der Waals surface area contributed by atoms with Gasteiger partial charge in [0, 0.05) is 19.6 Å². The Labute approximate surface area is 136 Å². The molecule has 0 amide bonds. The summed E-state index contributed by atoms with van der Waals surface area (Å²) in [6, 6.07) is 5.58. The van der Waals surface area contributed by atoms with E-state index in [0.717, 1.165) is 50.6 Å². The van der Waals surface area contributed by atoms with E-state index in [9.17, 15) is 4.79 Å². The highest BCUT2D eigenvalue weighted by Crippen LogP contribution is 2.16. The van der Waals surface area contributed by atoms with Gasteiger partial charge in [-0.05, 0) is 38.2 Å². The minimum absolute atomic E-state index is 0.524. The number of nitrogens with zero attached hydrogens (tertiary/aromatic N) is 3. The van der Waals surface area contributed by atoms with Crippen molar-refractivity contribution in [2.24, 2.45) is 5.92 Å². The maximum atomic E-state index is 10.5. The molecule has 0 radical (unpaired) electrons. The van der Waals surface area contributed by atoms with E-state index >= 15 is 0 Å². The molecule has 1 aromatic heterocycles. The minimum atomic E-state index is 0.524. The highest BCUT2D eigenvalue weighted by molar-refractivity contribution is 5.71. The van der Waals surface area contributed by atoms with E-state index in [-0.39, 0.29) is 0 Å². The summed E-state index contributed by atoms with van der Waals surface area (Å²) in [5.74, 6) is 0.809. The summed E-state index contributed by atoms with van der Waals surface area (Å²) in [4.78, 5) is 19.3. The molecule has 1 fully saturated rings. The van der Waals surface area contributed by atoms with Crippen LogP contribution in [0.1, 0.15) is 50.8 Å². The van der Waals surface area contributed by atoms with E-state index in [1.54, 1.807) is 6.07 Å². The van der Waals surface area contributed by atoms with Gasteiger partial charge in [0.25, 0.3) is 0 Å². The molecule has 126 valence electrons. The van der Waals surface area contributed by atoms with E-state index < -0.39 is 0 Å². The van der Waals surface area contributed by atoms with Crippen LogP contribution < -0.4 is 0 Å². The monoisotopic (exact) mass is 307 g/mol. The largest absolute Gasteiger partial charge is 0.307 e. The summed E-state index contributed by atoms with van der Waals surface area (Å²) in [6.07, 6.45) is 0.794. The summed E-state index contributed by atoms with van der Waals surface area (Å²) < 4.78 is 0. The van der Waals surface area contributed by atoms with Gasteiger partial charge >= 0.3 is 0 Å². The van der Waals surface area contributed by atoms with Crippen LogP contribution in [0.4, 0.5) is 0 Å².